The van der Waals surface area contributed by atoms with Gasteiger partial charge in [-0.15, -0.1) is 11.3 Å². The van der Waals surface area contributed by atoms with Crippen molar-refractivity contribution in [2.75, 3.05) is 0 Å². The Kier molecular flexibility index (Phi) is 3.48. The average molecular weight is 250 g/mol. The molecular weight excluding hydrogens is 228 g/mol. The monoisotopic (exact) mass is 250 g/mol. The van der Waals surface area contributed by atoms with Crippen LogP contribution in [-0.4, -0.2) is 4.98 Å². The van der Waals surface area contributed by atoms with Crippen LogP contribution in [0.15, 0.2) is 0 Å². The highest BCUT2D eigenvalue weighted by molar-refractivity contribution is 7.11. The van der Waals surface area contributed by atoms with Crippen molar-refractivity contribution < 1.29 is 0 Å². The van der Waals surface area contributed by atoms with Crippen molar-refractivity contribution in [3.05, 3.63) is 15.6 Å². The van der Waals surface area contributed by atoms with Crippen LogP contribution >= 0.6 is 11.3 Å². The molecule has 2 nitrogen and oxygen atoms in total. The average Bonchev–Trinajstić information content (AvgIpc) is 2.59. The van der Waals surface area contributed by atoms with Gasteiger partial charge in [0.05, 0.1) is 10.7 Å². The van der Waals surface area contributed by atoms with Gasteiger partial charge < -0.3 is 5.73 Å². The number of aryl methyl sites for hydroxylation is 1. The van der Waals surface area contributed by atoms with Crippen LogP contribution in [-0.2, 0) is 6.42 Å². The molecule has 3 rings (SSSR count). The standard InChI is InChI=1S/C14H22N2S/c15-11-8-5-9-12-13(11)16-14(17-12)10-6-3-1-2-4-7-10/h10-11H,1-9,15H2. The summed E-state index contributed by atoms with van der Waals surface area (Å²) in [6.07, 6.45) is 11.9. The predicted molar refractivity (Wildman–Crippen MR) is 72.4 cm³/mol. The quantitative estimate of drug-likeness (QED) is 0.767. The third-order valence-electron chi connectivity index (χ3n) is 4.22. The Morgan fingerprint density at radius 2 is 1.76 bits per heavy atom. The zero-order valence-corrected chi connectivity index (χ0v) is 11.3. The first-order chi connectivity index (χ1) is 8.34. The van der Waals surface area contributed by atoms with E-state index in [9.17, 15) is 0 Å². The fourth-order valence-corrected chi connectivity index (χ4v) is 4.52. The molecule has 94 valence electrons. The minimum Gasteiger partial charge on any atom is -0.323 e. The minimum atomic E-state index is 0.217. The molecule has 2 aliphatic rings. The summed E-state index contributed by atoms with van der Waals surface area (Å²) >= 11 is 1.96. The van der Waals surface area contributed by atoms with Gasteiger partial charge in [-0.1, -0.05) is 25.7 Å². The van der Waals surface area contributed by atoms with Gasteiger partial charge in [0.15, 0.2) is 0 Å². The van der Waals surface area contributed by atoms with Crippen molar-refractivity contribution in [3.8, 4) is 0 Å². The summed E-state index contributed by atoms with van der Waals surface area (Å²) in [7, 11) is 0. The fraction of sp³-hybridized carbons (Fsp3) is 0.786. The number of hydrogen-bond acceptors (Lipinski definition) is 3. The van der Waals surface area contributed by atoms with E-state index in [0.29, 0.717) is 0 Å². The van der Waals surface area contributed by atoms with Gasteiger partial charge in [0.2, 0.25) is 0 Å². The van der Waals surface area contributed by atoms with Gasteiger partial charge in [-0.05, 0) is 32.1 Å². The maximum Gasteiger partial charge on any atom is 0.0962 e. The molecule has 0 spiro atoms. The molecule has 0 amide bonds. The number of aromatic nitrogens is 1. The van der Waals surface area contributed by atoms with Crippen molar-refractivity contribution in [2.45, 2.75) is 69.7 Å². The predicted octanol–water partition coefficient (Wildman–Crippen LogP) is 3.92. The van der Waals surface area contributed by atoms with Gasteiger partial charge in [0.25, 0.3) is 0 Å². The Morgan fingerprint density at radius 1 is 1.00 bits per heavy atom. The zero-order chi connectivity index (χ0) is 11.7. The minimum absolute atomic E-state index is 0.217. The van der Waals surface area contributed by atoms with Crippen LogP contribution in [0.4, 0.5) is 0 Å². The van der Waals surface area contributed by atoms with Gasteiger partial charge in [-0.3, -0.25) is 0 Å². The second-order valence-electron chi connectivity index (χ2n) is 5.55. The molecule has 0 saturated heterocycles. The van der Waals surface area contributed by atoms with E-state index in [2.05, 4.69) is 0 Å². The Hall–Kier alpha value is -0.410. The number of nitrogens with zero attached hydrogens (tertiary/aromatic N) is 1. The Labute approximate surface area is 108 Å². The largest absolute Gasteiger partial charge is 0.323 e. The van der Waals surface area contributed by atoms with Crippen LogP contribution in [0.2, 0.25) is 0 Å². The molecule has 1 fully saturated rings. The van der Waals surface area contributed by atoms with Crippen LogP contribution in [0, 0.1) is 0 Å². The van der Waals surface area contributed by atoms with Crippen LogP contribution in [0.3, 0.4) is 0 Å². The summed E-state index contributed by atoms with van der Waals surface area (Å²) in [6.45, 7) is 0. The van der Waals surface area contributed by atoms with E-state index in [1.807, 2.05) is 11.3 Å². The summed E-state index contributed by atoms with van der Waals surface area (Å²) in [5.41, 5.74) is 7.40. The van der Waals surface area contributed by atoms with E-state index in [1.165, 1.54) is 66.9 Å². The molecule has 2 N–H and O–H groups in total. The van der Waals surface area contributed by atoms with Gasteiger partial charge >= 0.3 is 0 Å². The highest BCUT2D eigenvalue weighted by Gasteiger charge is 2.25. The number of rotatable bonds is 1. The first-order valence-electron chi connectivity index (χ1n) is 7.09. The van der Waals surface area contributed by atoms with Gasteiger partial charge in [-0.2, -0.15) is 0 Å². The molecule has 3 heteroatoms. The first-order valence-corrected chi connectivity index (χ1v) is 7.91. The zero-order valence-electron chi connectivity index (χ0n) is 10.5. The van der Waals surface area contributed by atoms with Crippen LogP contribution < -0.4 is 5.73 Å². The Morgan fingerprint density at radius 3 is 2.47 bits per heavy atom. The Bertz CT molecular complexity index is 378. The SMILES string of the molecule is NC1CCCc2sc(C3CCCCCC3)nc21. The van der Waals surface area contributed by atoms with E-state index < -0.39 is 0 Å². The molecule has 1 unspecified atom stereocenters. The molecule has 1 heterocycles. The summed E-state index contributed by atoms with van der Waals surface area (Å²) in [5, 5.41) is 1.40. The molecule has 1 atom stereocenters. The smallest absolute Gasteiger partial charge is 0.0962 e. The van der Waals surface area contributed by atoms with Gasteiger partial charge in [-0.25, -0.2) is 4.98 Å². The van der Waals surface area contributed by atoms with E-state index in [0.717, 1.165) is 12.3 Å². The molecule has 2 aliphatic carbocycles. The fourth-order valence-electron chi connectivity index (χ4n) is 3.17. The Balaban J connectivity index is 1.83. The maximum atomic E-state index is 6.16. The summed E-state index contributed by atoms with van der Waals surface area (Å²) in [5.74, 6) is 0.736. The number of hydrogen-bond donors (Lipinski definition) is 1. The summed E-state index contributed by atoms with van der Waals surface area (Å²) in [6, 6.07) is 0.217. The summed E-state index contributed by atoms with van der Waals surface area (Å²) in [4.78, 5) is 6.38. The third kappa shape index (κ3) is 2.41. The van der Waals surface area contributed by atoms with Gasteiger partial charge in [0.1, 0.15) is 0 Å². The maximum absolute atomic E-state index is 6.16. The lowest BCUT2D eigenvalue weighted by Crippen LogP contribution is -2.16. The van der Waals surface area contributed by atoms with E-state index in [4.69, 9.17) is 10.7 Å². The second kappa shape index (κ2) is 5.07. The molecular formula is C14H22N2S. The van der Waals surface area contributed by atoms with Crippen LogP contribution in [0.5, 0.6) is 0 Å². The third-order valence-corrected chi connectivity index (χ3v) is 5.51. The van der Waals surface area contributed by atoms with Crippen molar-refractivity contribution in [3.63, 3.8) is 0 Å². The lowest BCUT2D eigenvalue weighted by molar-refractivity contribution is 0.552. The molecule has 0 aliphatic heterocycles. The number of fused-ring (bicyclic) bond motifs is 1. The molecule has 0 aromatic carbocycles. The normalized spacial score (nSPS) is 26.5. The molecule has 0 bridgehead atoms. The van der Waals surface area contributed by atoms with Crippen LogP contribution in [0.25, 0.3) is 0 Å². The highest BCUT2D eigenvalue weighted by atomic mass is 32.1. The molecule has 1 aromatic rings. The summed E-state index contributed by atoms with van der Waals surface area (Å²) < 4.78 is 0. The van der Waals surface area contributed by atoms with E-state index in [-0.39, 0.29) is 6.04 Å². The lowest BCUT2D eigenvalue weighted by atomic mass is 9.98. The number of thiazole rings is 1. The molecule has 1 aromatic heterocycles. The molecule has 0 radical (unpaired) electrons. The molecule has 17 heavy (non-hydrogen) atoms. The van der Waals surface area contributed by atoms with Crippen LogP contribution in [0.1, 0.15) is 78.9 Å². The number of nitrogens with two attached hydrogens (primary N) is 1. The lowest BCUT2D eigenvalue weighted by Gasteiger charge is -2.15. The van der Waals surface area contributed by atoms with Crippen molar-refractivity contribution >= 4 is 11.3 Å². The van der Waals surface area contributed by atoms with Crippen molar-refractivity contribution in [1.82, 2.24) is 4.98 Å². The first kappa shape index (κ1) is 11.7. The van der Waals surface area contributed by atoms with Crippen molar-refractivity contribution in [1.29, 1.82) is 0 Å². The van der Waals surface area contributed by atoms with E-state index in [1.54, 1.807) is 0 Å². The second-order valence-corrected chi connectivity index (χ2v) is 6.66. The van der Waals surface area contributed by atoms with E-state index >= 15 is 0 Å². The van der Waals surface area contributed by atoms with Gasteiger partial charge in [0, 0.05) is 16.8 Å². The molecule has 1 saturated carbocycles. The topological polar surface area (TPSA) is 38.9 Å². The van der Waals surface area contributed by atoms with Crippen molar-refractivity contribution in [2.24, 2.45) is 5.73 Å². The highest BCUT2D eigenvalue weighted by Crippen LogP contribution is 2.38.